The topological polar surface area (TPSA) is 18.5 Å². The summed E-state index contributed by atoms with van der Waals surface area (Å²) in [7, 11) is 0. The predicted octanol–water partition coefficient (Wildman–Crippen LogP) is 5.32. The maximum Gasteiger partial charge on any atom is 0.159 e. The molecule has 2 bridgehead atoms. The third-order valence-corrected chi connectivity index (χ3v) is 8.35. The zero-order chi connectivity index (χ0) is 15.7. The Kier molecular flexibility index (Phi) is 3.32. The van der Waals surface area contributed by atoms with Crippen LogP contribution in [0.5, 0.6) is 0 Å². The van der Waals surface area contributed by atoms with E-state index < -0.39 is 0 Å². The zero-order valence-electron chi connectivity index (χ0n) is 14.4. The van der Waals surface area contributed by atoms with Gasteiger partial charge in [-0.05, 0) is 61.5 Å². The maximum absolute atomic E-state index is 6.44. The quantitative estimate of drug-likeness (QED) is 0.750. The summed E-state index contributed by atoms with van der Waals surface area (Å²) in [6, 6.07) is 4.36. The summed E-state index contributed by atoms with van der Waals surface area (Å²) < 4.78 is 12.7. The van der Waals surface area contributed by atoms with Crippen LogP contribution < -0.4 is 0 Å². The second-order valence-electron chi connectivity index (χ2n) is 8.40. The van der Waals surface area contributed by atoms with Crippen LogP contribution in [0, 0.1) is 29.6 Å². The van der Waals surface area contributed by atoms with Crippen molar-refractivity contribution >= 4 is 11.3 Å². The number of hydrogen-bond acceptors (Lipinski definition) is 3. The van der Waals surface area contributed by atoms with Crippen molar-refractivity contribution in [2.75, 3.05) is 0 Å². The first-order valence-corrected chi connectivity index (χ1v) is 9.52. The number of hydrogen-bond donors (Lipinski definition) is 0. The molecular formula is C19H28O2S. The summed E-state index contributed by atoms with van der Waals surface area (Å²) in [5, 5.41) is 0. The Bertz CT molecular complexity index is 578. The molecule has 6 atom stereocenters. The lowest BCUT2D eigenvalue weighted by molar-refractivity contribution is -0.183. The Morgan fingerprint density at radius 2 is 2.09 bits per heavy atom. The van der Waals surface area contributed by atoms with Crippen molar-refractivity contribution in [1.82, 2.24) is 0 Å². The van der Waals surface area contributed by atoms with Crippen LogP contribution in [0.3, 0.4) is 0 Å². The van der Waals surface area contributed by atoms with E-state index in [0.717, 1.165) is 12.3 Å². The van der Waals surface area contributed by atoms with Gasteiger partial charge in [0.1, 0.15) is 0 Å². The maximum atomic E-state index is 6.44. The number of rotatable bonds is 3. The molecule has 0 spiro atoms. The molecule has 1 aromatic heterocycles. The largest absolute Gasteiger partial charge is 0.349 e. The van der Waals surface area contributed by atoms with Crippen LogP contribution in [0.15, 0.2) is 12.1 Å². The van der Waals surface area contributed by atoms with Crippen LogP contribution in [0.4, 0.5) is 0 Å². The van der Waals surface area contributed by atoms with Crippen LogP contribution in [-0.4, -0.2) is 12.4 Å². The lowest BCUT2D eigenvalue weighted by atomic mass is 9.70. The van der Waals surface area contributed by atoms with E-state index in [-0.39, 0.29) is 12.4 Å². The zero-order valence-corrected chi connectivity index (χ0v) is 15.2. The molecule has 22 heavy (non-hydrogen) atoms. The second kappa shape index (κ2) is 4.81. The van der Waals surface area contributed by atoms with Crippen molar-refractivity contribution in [1.29, 1.82) is 0 Å². The van der Waals surface area contributed by atoms with Gasteiger partial charge in [-0.1, -0.05) is 20.8 Å². The molecule has 0 unspecified atom stereocenters. The van der Waals surface area contributed by atoms with Crippen LogP contribution >= 0.6 is 11.3 Å². The summed E-state index contributed by atoms with van der Waals surface area (Å²) in [5.41, 5.74) is 0.757. The highest BCUT2D eigenvalue weighted by molar-refractivity contribution is 7.12. The highest BCUT2D eigenvalue weighted by Crippen LogP contribution is 2.71. The van der Waals surface area contributed by atoms with Gasteiger partial charge in [0.2, 0.25) is 0 Å². The first kappa shape index (κ1) is 15.2. The minimum absolute atomic E-state index is 0.0107. The van der Waals surface area contributed by atoms with Gasteiger partial charge >= 0.3 is 0 Å². The molecular weight excluding hydrogens is 292 g/mol. The smallest absolute Gasteiger partial charge is 0.159 e. The molecule has 0 radical (unpaired) electrons. The van der Waals surface area contributed by atoms with E-state index in [2.05, 4.69) is 46.8 Å². The fourth-order valence-electron chi connectivity index (χ4n) is 5.54. The average Bonchev–Trinajstić information content (AvgIpc) is 3.12. The van der Waals surface area contributed by atoms with Gasteiger partial charge in [-0.25, -0.2) is 0 Å². The van der Waals surface area contributed by atoms with Crippen molar-refractivity contribution in [2.45, 2.75) is 72.4 Å². The van der Waals surface area contributed by atoms with Gasteiger partial charge < -0.3 is 9.47 Å². The summed E-state index contributed by atoms with van der Waals surface area (Å²) in [6.07, 6.45) is 4.31. The third-order valence-electron chi connectivity index (χ3n) is 7.19. The van der Waals surface area contributed by atoms with E-state index in [9.17, 15) is 0 Å². The fraction of sp³-hybridized carbons (Fsp3) is 0.789. The van der Waals surface area contributed by atoms with Crippen LogP contribution in [0.25, 0.3) is 0 Å². The van der Waals surface area contributed by atoms with Crippen molar-refractivity contribution < 1.29 is 9.47 Å². The van der Waals surface area contributed by atoms with E-state index in [1.807, 2.05) is 11.3 Å². The van der Waals surface area contributed by atoms with Gasteiger partial charge in [0.25, 0.3) is 0 Å². The van der Waals surface area contributed by atoms with E-state index >= 15 is 0 Å². The van der Waals surface area contributed by atoms with E-state index in [1.165, 1.54) is 22.6 Å². The van der Waals surface area contributed by atoms with Crippen molar-refractivity contribution in [3.8, 4) is 0 Å². The van der Waals surface area contributed by atoms with Gasteiger partial charge in [-0.15, -0.1) is 11.3 Å². The molecule has 122 valence electrons. The first-order chi connectivity index (χ1) is 10.3. The molecule has 4 rings (SSSR count). The van der Waals surface area contributed by atoms with Gasteiger partial charge in [-0.3, -0.25) is 0 Å². The third kappa shape index (κ3) is 1.91. The summed E-state index contributed by atoms with van der Waals surface area (Å²) >= 11 is 1.83. The van der Waals surface area contributed by atoms with Crippen molar-refractivity contribution in [3.05, 3.63) is 21.9 Å². The minimum atomic E-state index is -0.0107. The first-order valence-electron chi connectivity index (χ1n) is 8.70. The SMILES string of the molecule is Cc1ccc([C@@H](C)O[C@@H]2C[C@H]3[C@H]4CC[C@@](C)([C@H]3O2)C4(C)C)s1. The lowest BCUT2D eigenvalue weighted by Gasteiger charge is -2.38. The van der Waals surface area contributed by atoms with Crippen molar-refractivity contribution in [3.63, 3.8) is 0 Å². The molecule has 1 saturated heterocycles. The molecule has 0 aromatic carbocycles. The van der Waals surface area contributed by atoms with Gasteiger partial charge in [0.15, 0.2) is 6.29 Å². The summed E-state index contributed by atoms with van der Waals surface area (Å²) in [6.45, 7) is 11.7. The molecule has 2 nitrogen and oxygen atoms in total. The van der Waals surface area contributed by atoms with Crippen LogP contribution in [-0.2, 0) is 9.47 Å². The Labute approximate surface area is 138 Å². The number of fused-ring (bicyclic) bond motifs is 5. The molecule has 0 N–H and O–H groups in total. The standard InChI is InChI=1S/C19H28O2S/c1-11-6-7-15(22-11)12(2)20-16-10-13-14-8-9-19(5,17(13)21-16)18(14,3)4/h6-7,12-14,16-17H,8-10H2,1-5H3/t12-,13+,14-,16+,17+,19+/m1/s1. The Morgan fingerprint density at radius 1 is 1.32 bits per heavy atom. The summed E-state index contributed by atoms with van der Waals surface area (Å²) in [5.74, 6) is 1.52. The molecule has 0 amide bonds. The molecule has 1 aliphatic heterocycles. The van der Waals surface area contributed by atoms with Crippen molar-refractivity contribution in [2.24, 2.45) is 22.7 Å². The monoisotopic (exact) mass is 320 g/mol. The highest BCUT2D eigenvalue weighted by Gasteiger charge is 2.69. The molecule has 2 saturated carbocycles. The lowest BCUT2D eigenvalue weighted by Crippen LogP contribution is -2.37. The number of aryl methyl sites for hydroxylation is 1. The minimum Gasteiger partial charge on any atom is -0.349 e. The van der Waals surface area contributed by atoms with Crippen LogP contribution in [0.2, 0.25) is 0 Å². The molecule has 3 heteroatoms. The van der Waals surface area contributed by atoms with Gasteiger partial charge in [0, 0.05) is 16.2 Å². The van der Waals surface area contributed by atoms with Crippen LogP contribution in [0.1, 0.15) is 62.8 Å². The Morgan fingerprint density at radius 3 is 2.73 bits per heavy atom. The number of ether oxygens (including phenoxy) is 2. The Balaban J connectivity index is 1.47. The number of thiophene rings is 1. The van der Waals surface area contributed by atoms with E-state index in [4.69, 9.17) is 9.47 Å². The molecule has 3 fully saturated rings. The van der Waals surface area contributed by atoms with E-state index in [0.29, 0.717) is 22.9 Å². The normalized spacial score (nSPS) is 43.5. The summed E-state index contributed by atoms with van der Waals surface area (Å²) in [4.78, 5) is 2.66. The predicted molar refractivity (Wildman–Crippen MR) is 89.9 cm³/mol. The molecule has 3 aliphatic rings. The van der Waals surface area contributed by atoms with E-state index in [1.54, 1.807) is 0 Å². The molecule has 1 aromatic rings. The van der Waals surface area contributed by atoms with Gasteiger partial charge in [-0.2, -0.15) is 0 Å². The Hall–Kier alpha value is -0.380. The second-order valence-corrected chi connectivity index (χ2v) is 9.72. The molecule has 2 aliphatic carbocycles. The average molecular weight is 320 g/mol. The molecule has 2 heterocycles. The highest BCUT2D eigenvalue weighted by atomic mass is 32.1. The fourth-order valence-corrected chi connectivity index (χ4v) is 6.40. The van der Waals surface area contributed by atoms with Gasteiger partial charge in [0.05, 0.1) is 12.2 Å².